The number of hydrogen-bond donors (Lipinski definition) is 1. The predicted molar refractivity (Wildman–Crippen MR) is 77.7 cm³/mol. The van der Waals surface area contributed by atoms with E-state index in [9.17, 15) is 4.79 Å². The molecule has 1 aliphatic heterocycles. The fraction of sp³-hybridized carbons (Fsp3) is 0.571. The van der Waals surface area contributed by atoms with Gasteiger partial charge in [0.2, 0.25) is 5.91 Å². The summed E-state index contributed by atoms with van der Waals surface area (Å²) >= 11 is 0. The number of amides is 1. The molecule has 1 aromatic heterocycles. The number of nitrogens with zero attached hydrogens (tertiary/aromatic N) is 1. The zero-order chi connectivity index (χ0) is 14.3. The Hall–Kier alpha value is -1.36. The Bertz CT molecular complexity index is 467. The lowest BCUT2D eigenvalue weighted by Crippen LogP contribution is -2.36. The minimum atomic E-state index is -0.145. The van der Waals surface area contributed by atoms with Crippen molar-refractivity contribution in [2.45, 2.75) is 46.5 Å². The van der Waals surface area contributed by atoms with Crippen molar-refractivity contribution in [1.29, 1.82) is 0 Å². The van der Waals surface area contributed by atoms with Gasteiger partial charge >= 0.3 is 6.92 Å². The Morgan fingerprint density at radius 3 is 2.47 bits per heavy atom. The van der Waals surface area contributed by atoms with Crippen molar-refractivity contribution < 1.29 is 9.45 Å². The van der Waals surface area contributed by atoms with Gasteiger partial charge < -0.3 is 9.97 Å². The number of carbonyl (C=O) groups excluding carboxylic acids is 1. The van der Waals surface area contributed by atoms with Crippen LogP contribution < -0.4 is 10.8 Å². The van der Waals surface area contributed by atoms with Crippen LogP contribution in [0.1, 0.15) is 34.6 Å². The lowest BCUT2D eigenvalue weighted by molar-refractivity contribution is -0.114. The summed E-state index contributed by atoms with van der Waals surface area (Å²) in [5.74, 6) is 0.465. The summed E-state index contributed by atoms with van der Waals surface area (Å²) in [6, 6.07) is 3.79. The maximum absolute atomic E-state index is 10.9. The van der Waals surface area contributed by atoms with Gasteiger partial charge in [0.15, 0.2) is 0 Å². The second-order valence-corrected chi connectivity index (χ2v) is 6.36. The molecule has 0 aliphatic carbocycles. The maximum Gasteiger partial charge on any atom is 0.329 e. The van der Waals surface area contributed by atoms with Crippen molar-refractivity contribution in [2.75, 3.05) is 5.32 Å². The topological polar surface area (TPSA) is 51.2 Å². The van der Waals surface area contributed by atoms with Crippen LogP contribution in [0.2, 0.25) is 6.32 Å². The largest absolute Gasteiger partial charge is 0.425 e. The molecule has 4 nitrogen and oxygen atoms in total. The van der Waals surface area contributed by atoms with Gasteiger partial charge in [-0.25, -0.2) is 4.98 Å². The Labute approximate surface area is 115 Å². The van der Waals surface area contributed by atoms with Gasteiger partial charge in [0.25, 0.3) is 0 Å². The molecule has 1 aromatic rings. The van der Waals surface area contributed by atoms with E-state index in [0.29, 0.717) is 5.82 Å². The highest BCUT2D eigenvalue weighted by Crippen LogP contribution is 2.44. The molecule has 0 radical (unpaired) electrons. The van der Waals surface area contributed by atoms with Gasteiger partial charge in [0.1, 0.15) is 5.82 Å². The summed E-state index contributed by atoms with van der Waals surface area (Å²) < 4.78 is 6.14. The molecule has 1 aliphatic rings. The third kappa shape index (κ3) is 2.81. The Morgan fingerprint density at radius 2 is 2.05 bits per heavy atom. The van der Waals surface area contributed by atoms with Gasteiger partial charge in [-0.1, -0.05) is 19.9 Å². The molecular formula is C14H21BN2O2. The van der Waals surface area contributed by atoms with Crippen molar-refractivity contribution in [2.24, 2.45) is 5.41 Å². The van der Waals surface area contributed by atoms with Gasteiger partial charge in [0, 0.05) is 13.1 Å². The highest BCUT2D eigenvalue weighted by molar-refractivity contribution is 6.68. The molecule has 102 valence electrons. The lowest BCUT2D eigenvalue weighted by atomic mass is 9.54. The quantitative estimate of drug-likeness (QED) is 0.828. The van der Waals surface area contributed by atoms with Gasteiger partial charge in [-0.3, -0.25) is 4.79 Å². The minimum absolute atomic E-state index is 0.0730. The molecule has 0 unspecified atom stereocenters. The van der Waals surface area contributed by atoms with Crippen LogP contribution in [0.3, 0.4) is 0 Å². The molecule has 2 heterocycles. The van der Waals surface area contributed by atoms with E-state index in [4.69, 9.17) is 4.65 Å². The molecule has 2 rings (SSSR count). The highest BCUT2D eigenvalue weighted by Gasteiger charge is 2.49. The van der Waals surface area contributed by atoms with Crippen LogP contribution in [0, 0.1) is 5.41 Å². The smallest absolute Gasteiger partial charge is 0.329 e. The highest BCUT2D eigenvalue weighted by atomic mass is 16.5. The molecule has 1 saturated heterocycles. The molecule has 1 N–H and O–H groups in total. The van der Waals surface area contributed by atoms with E-state index in [1.807, 2.05) is 12.1 Å². The third-order valence-corrected chi connectivity index (χ3v) is 4.22. The second kappa shape index (κ2) is 4.64. The number of carbonyl (C=O) groups is 1. The minimum Gasteiger partial charge on any atom is -0.425 e. The lowest BCUT2D eigenvalue weighted by Gasteiger charge is -2.34. The van der Waals surface area contributed by atoms with E-state index >= 15 is 0 Å². The molecular weight excluding hydrogens is 239 g/mol. The first kappa shape index (κ1) is 14.1. The maximum atomic E-state index is 10.9. The van der Waals surface area contributed by atoms with Crippen LogP contribution in [0.15, 0.2) is 18.3 Å². The van der Waals surface area contributed by atoms with E-state index in [2.05, 4.69) is 38.0 Å². The van der Waals surface area contributed by atoms with E-state index < -0.39 is 0 Å². The summed E-state index contributed by atoms with van der Waals surface area (Å²) in [5, 5.41) is 2.66. The summed E-state index contributed by atoms with van der Waals surface area (Å²) in [4.78, 5) is 15.2. The normalized spacial score (nSPS) is 20.4. The molecule has 5 heteroatoms. The molecule has 0 bridgehead atoms. The van der Waals surface area contributed by atoms with Crippen molar-refractivity contribution in [1.82, 2.24) is 4.98 Å². The Balaban J connectivity index is 2.14. The zero-order valence-electron chi connectivity index (χ0n) is 12.3. The van der Waals surface area contributed by atoms with Crippen LogP contribution in [0.25, 0.3) is 0 Å². The third-order valence-electron chi connectivity index (χ3n) is 4.22. The number of aromatic nitrogens is 1. The van der Waals surface area contributed by atoms with Gasteiger partial charge in [-0.15, -0.1) is 0 Å². The van der Waals surface area contributed by atoms with Gasteiger partial charge in [-0.05, 0) is 37.1 Å². The van der Waals surface area contributed by atoms with Crippen LogP contribution in [0.5, 0.6) is 0 Å². The van der Waals surface area contributed by atoms with Crippen LogP contribution >= 0.6 is 0 Å². The molecule has 0 atom stereocenters. The molecule has 1 fully saturated rings. The van der Waals surface area contributed by atoms with Crippen molar-refractivity contribution >= 4 is 24.1 Å². The van der Waals surface area contributed by atoms with E-state index in [1.54, 1.807) is 6.20 Å². The number of pyridine rings is 1. The van der Waals surface area contributed by atoms with Crippen LogP contribution in [-0.2, 0) is 9.45 Å². The SMILES string of the molecule is CC(=O)Nc1ccc(B2CC(C)(C)C(C)(C)O2)cn1. The summed E-state index contributed by atoms with van der Waals surface area (Å²) in [6.07, 6.45) is 2.76. The van der Waals surface area contributed by atoms with Crippen molar-refractivity contribution in [3.63, 3.8) is 0 Å². The fourth-order valence-corrected chi connectivity index (χ4v) is 2.30. The number of nitrogens with one attached hydrogen (secondary N) is 1. The molecule has 1 amide bonds. The van der Waals surface area contributed by atoms with E-state index in [-0.39, 0.29) is 23.8 Å². The predicted octanol–water partition coefficient (Wildman–Crippen LogP) is 2.07. The second-order valence-electron chi connectivity index (χ2n) is 6.36. The Morgan fingerprint density at radius 1 is 1.37 bits per heavy atom. The monoisotopic (exact) mass is 260 g/mol. The molecule has 0 spiro atoms. The fourth-order valence-electron chi connectivity index (χ4n) is 2.30. The molecule has 0 saturated carbocycles. The summed E-state index contributed by atoms with van der Waals surface area (Å²) in [6.45, 7) is 10.3. The van der Waals surface area contributed by atoms with Gasteiger partial charge in [-0.2, -0.15) is 0 Å². The average molecular weight is 260 g/mol. The first-order valence-electron chi connectivity index (χ1n) is 6.63. The Kier molecular flexibility index (Phi) is 3.43. The first-order chi connectivity index (χ1) is 8.71. The van der Waals surface area contributed by atoms with E-state index in [1.165, 1.54) is 6.92 Å². The van der Waals surface area contributed by atoms with Crippen molar-refractivity contribution in [3.8, 4) is 0 Å². The van der Waals surface area contributed by atoms with Crippen LogP contribution in [-0.4, -0.2) is 23.4 Å². The summed E-state index contributed by atoms with van der Waals surface area (Å²) in [7, 11) is 0. The van der Waals surface area contributed by atoms with Gasteiger partial charge in [0.05, 0.1) is 5.60 Å². The van der Waals surface area contributed by atoms with Crippen LogP contribution in [0.4, 0.5) is 5.82 Å². The molecule has 19 heavy (non-hydrogen) atoms. The van der Waals surface area contributed by atoms with E-state index in [0.717, 1.165) is 11.8 Å². The number of rotatable bonds is 2. The first-order valence-corrected chi connectivity index (χ1v) is 6.63. The van der Waals surface area contributed by atoms with Crippen molar-refractivity contribution in [3.05, 3.63) is 18.3 Å². The summed E-state index contributed by atoms with van der Waals surface area (Å²) in [5.41, 5.74) is 1.05. The number of anilines is 1. The standard InChI is InChI=1S/C14H21BN2O2/c1-10(18)17-12-7-6-11(8-16-12)15-9-13(2,3)14(4,5)19-15/h6-8H,9H2,1-5H3,(H,16,17,18). The average Bonchev–Trinajstić information content (AvgIpc) is 2.48. The zero-order valence-corrected chi connectivity index (χ0v) is 12.3. The molecule has 0 aromatic carbocycles. The number of hydrogen-bond acceptors (Lipinski definition) is 3.